The molecule has 2 aromatic heterocycles. The van der Waals surface area contributed by atoms with E-state index in [1.165, 1.54) is 6.07 Å². The molecule has 0 saturated carbocycles. The van der Waals surface area contributed by atoms with Gasteiger partial charge < -0.3 is 5.32 Å². The highest BCUT2D eigenvalue weighted by Gasteiger charge is 2.26. The van der Waals surface area contributed by atoms with E-state index >= 15 is 0 Å². The van der Waals surface area contributed by atoms with Crippen molar-refractivity contribution in [2.24, 2.45) is 0 Å². The Morgan fingerprint density at radius 2 is 1.77 bits per heavy atom. The summed E-state index contributed by atoms with van der Waals surface area (Å²) >= 11 is 0. The summed E-state index contributed by atoms with van der Waals surface area (Å²) in [6.45, 7) is 0.851. The van der Waals surface area contributed by atoms with E-state index < -0.39 is 58.1 Å². The van der Waals surface area contributed by atoms with Gasteiger partial charge in [-0.3, -0.25) is 24.3 Å². The first-order chi connectivity index (χ1) is 14.6. The molecule has 1 unspecified atom stereocenters. The van der Waals surface area contributed by atoms with Crippen LogP contribution in [0.3, 0.4) is 0 Å². The highest BCUT2D eigenvalue weighted by molar-refractivity contribution is 5.92. The van der Waals surface area contributed by atoms with E-state index in [0.717, 1.165) is 28.0 Å². The molecule has 0 aliphatic carbocycles. The molecule has 14 heteroatoms. The van der Waals surface area contributed by atoms with Crippen LogP contribution in [-0.2, 0) is 11.3 Å². The van der Waals surface area contributed by atoms with Gasteiger partial charge in [-0.15, -0.1) is 0 Å². The van der Waals surface area contributed by atoms with E-state index in [-0.39, 0.29) is 17.9 Å². The molecule has 0 aliphatic rings. The van der Waals surface area contributed by atoms with Gasteiger partial charge in [-0.1, -0.05) is 6.92 Å². The van der Waals surface area contributed by atoms with Gasteiger partial charge in [0.05, 0.1) is 17.0 Å². The van der Waals surface area contributed by atoms with Gasteiger partial charge in [0.25, 0.3) is 0 Å². The van der Waals surface area contributed by atoms with E-state index in [4.69, 9.17) is 0 Å². The lowest BCUT2D eigenvalue weighted by atomic mass is 10.1. The maximum Gasteiger partial charge on any atom is 0.307 e. The maximum atomic E-state index is 13.8. The van der Waals surface area contributed by atoms with Crippen molar-refractivity contribution < 1.29 is 31.7 Å². The average molecular weight is 444 g/mol. The van der Waals surface area contributed by atoms with Gasteiger partial charge in [0, 0.05) is 12.3 Å². The van der Waals surface area contributed by atoms with Crippen LogP contribution in [0.15, 0.2) is 24.7 Å². The number of hydrogen-bond donors (Lipinski definition) is 1. The number of carbonyl (C=O) groups is 1. The topological polar surface area (TPSA) is 108 Å². The second-order valence-electron chi connectivity index (χ2n) is 6.30. The number of amides is 1. The Kier molecular flexibility index (Phi) is 5.99. The number of rotatable bonds is 7. The Labute approximate surface area is 170 Å². The fraction of sp³-hybridized carbons (Fsp3) is 0.235. The van der Waals surface area contributed by atoms with Crippen LogP contribution in [0.25, 0.3) is 0 Å². The molecule has 0 bridgehead atoms. The van der Waals surface area contributed by atoms with Crippen LogP contribution in [0.1, 0.15) is 24.9 Å². The summed E-state index contributed by atoms with van der Waals surface area (Å²) in [6.07, 6.45) is 3.44. The quantitative estimate of drug-likeness (QED) is 0.198. The molecule has 0 aliphatic heterocycles. The standard InChI is InChI=1S/C17H13F5N6O3/c1-2-10(27-6-8(5-23-27)28(30)31)17(29)24-11-3-4-26(25-11)7-9-12(18)14(20)16(22)15(21)13(9)19/h3-6,10H,2,7H2,1H3,(H,24,25,29). The van der Waals surface area contributed by atoms with Crippen LogP contribution in [0.5, 0.6) is 0 Å². The average Bonchev–Trinajstić information content (AvgIpc) is 3.39. The highest BCUT2D eigenvalue weighted by Crippen LogP contribution is 2.24. The molecule has 0 saturated heterocycles. The number of aromatic nitrogens is 4. The molecule has 31 heavy (non-hydrogen) atoms. The van der Waals surface area contributed by atoms with Crippen LogP contribution >= 0.6 is 0 Å². The minimum absolute atomic E-state index is 0.0750. The summed E-state index contributed by atoms with van der Waals surface area (Å²) in [4.78, 5) is 22.6. The number of nitrogens with one attached hydrogen (secondary N) is 1. The van der Waals surface area contributed by atoms with Crippen molar-refractivity contribution in [2.45, 2.75) is 25.9 Å². The van der Waals surface area contributed by atoms with Gasteiger partial charge in [0.15, 0.2) is 29.1 Å². The van der Waals surface area contributed by atoms with Crippen LogP contribution in [0.2, 0.25) is 0 Å². The van der Waals surface area contributed by atoms with Crippen molar-refractivity contribution >= 4 is 17.4 Å². The zero-order valence-corrected chi connectivity index (χ0v) is 15.7. The lowest BCUT2D eigenvalue weighted by molar-refractivity contribution is -0.385. The number of nitro groups is 1. The Balaban J connectivity index is 1.77. The smallest absolute Gasteiger partial charge is 0.307 e. The molecule has 0 radical (unpaired) electrons. The molecule has 1 atom stereocenters. The number of nitrogens with zero attached hydrogens (tertiary/aromatic N) is 5. The van der Waals surface area contributed by atoms with Crippen LogP contribution in [0, 0.1) is 39.2 Å². The molecule has 0 fully saturated rings. The summed E-state index contributed by atoms with van der Waals surface area (Å²) in [5.41, 5.74) is -1.40. The molecule has 2 heterocycles. The molecular weight excluding hydrogens is 431 g/mol. The first-order valence-corrected chi connectivity index (χ1v) is 8.67. The third-order valence-electron chi connectivity index (χ3n) is 4.32. The minimum atomic E-state index is -2.27. The van der Waals surface area contributed by atoms with Gasteiger partial charge in [0.1, 0.15) is 18.4 Å². The second-order valence-corrected chi connectivity index (χ2v) is 6.30. The monoisotopic (exact) mass is 444 g/mol. The van der Waals surface area contributed by atoms with Crippen molar-refractivity contribution in [3.05, 3.63) is 69.4 Å². The molecule has 9 nitrogen and oxygen atoms in total. The van der Waals surface area contributed by atoms with E-state index in [0.29, 0.717) is 0 Å². The van der Waals surface area contributed by atoms with Crippen LogP contribution < -0.4 is 5.32 Å². The lowest BCUT2D eigenvalue weighted by Gasteiger charge is -2.14. The minimum Gasteiger partial charge on any atom is -0.307 e. The van der Waals surface area contributed by atoms with Gasteiger partial charge >= 0.3 is 5.69 Å². The number of hydrogen-bond acceptors (Lipinski definition) is 5. The second kappa shape index (κ2) is 8.49. The SMILES string of the molecule is CCC(C(=O)Nc1ccn(Cc2c(F)c(F)c(F)c(F)c2F)n1)n1cc([N+](=O)[O-])cn1. The highest BCUT2D eigenvalue weighted by atomic mass is 19.2. The number of benzene rings is 1. The van der Waals surface area contributed by atoms with Crippen LogP contribution in [0.4, 0.5) is 33.5 Å². The van der Waals surface area contributed by atoms with Crippen molar-refractivity contribution in [1.29, 1.82) is 0 Å². The zero-order chi connectivity index (χ0) is 22.9. The Morgan fingerprint density at radius 3 is 2.32 bits per heavy atom. The molecule has 3 rings (SSSR count). The molecular formula is C17H13F5N6O3. The fourth-order valence-corrected chi connectivity index (χ4v) is 2.76. The van der Waals surface area contributed by atoms with Crippen molar-refractivity contribution in [2.75, 3.05) is 5.32 Å². The van der Waals surface area contributed by atoms with Gasteiger partial charge in [-0.2, -0.15) is 10.2 Å². The van der Waals surface area contributed by atoms with Gasteiger partial charge in [-0.25, -0.2) is 22.0 Å². The summed E-state index contributed by atoms with van der Waals surface area (Å²) < 4.78 is 69.4. The predicted molar refractivity (Wildman–Crippen MR) is 94.4 cm³/mol. The first-order valence-electron chi connectivity index (χ1n) is 8.67. The van der Waals surface area contributed by atoms with Crippen molar-refractivity contribution in [1.82, 2.24) is 19.6 Å². The van der Waals surface area contributed by atoms with E-state index in [1.54, 1.807) is 6.92 Å². The summed E-state index contributed by atoms with van der Waals surface area (Å²) in [7, 11) is 0. The molecule has 1 aromatic carbocycles. The van der Waals surface area contributed by atoms with Gasteiger partial charge in [-0.05, 0) is 6.42 Å². The summed E-state index contributed by atoms with van der Waals surface area (Å²) in [6, 6.07) is 0.316. The molecule has 164 valence electrons. The molecule has 3 aromatic rings. The number of carbonyl (C=O) groups excluding carboxylic acids is 1. The number of halogens is 5. The van der Waals surface area contributed by atoms with E-state index in [2.05, 4.69) is 15.5 Å². The predicted octanol–water partition coefficient (Wildman–Crippen LogP) is 3.32. The molecule has 1 N–H and O–H groups in total. The third kappa shape index (κ3) is 4.22. The Morgan fingerprint density at radius 1 is 1.16 bits per heavy atom. The largest absolute Gasteiger partial charge is 0.307 e. The van der Waals surface area contributed by atoms with E-state index in [9.17, 15) is 36.9 Å². The summed E-state index contributed by atoms with van der Waals surface area (Å²) in [5, 5.41) is 20.8. The molecule has 1 amide bonds. The Hall–Kier alpha value is -3.84. The third-order valence-corrected chi connectivity index (χ3v) is 4.32. The zero-order valence-electron chi connectivity index (χ0n) is 15.7. The number of anilines is 1. The molecule has 0 spiro atoms. The fourth-order valence-electron chi connectivity index (χ4n) is 2.76. The van der Waals surface area contributed by atoms with Crippen molar-refractivity contribution in [3.8, 4) is 0 Å². The first kappa shape index (κ1) is 21.9. The Bertz CT molecular complexity index is 1130. The summed E-state index contributed by atoms with van der Waals surface area (Å²) in [5.74, 6) is -11.1. The maximum absolute atomic E-state index is 13.8. The van der Waals surface area contributed by atoms with Crippen LogP contribution in [-0.4, -0.2) is 30.4 Å². The van der Waals surface area contributed by atoms with E-state index in [1.807, 2.05) is 0 Å². The van der Waals surface area contributed by atoms with Gasteiger partial charge in [0.2, 0.25) is 11.7 Å². The lowest BCUT2D eigenvalue weighted by Crippen LogP contribution is -2.26. The van der Waals surface area contributed by atoms with Crippen molar-refractivity contribution in [3.63, 3.8) is 0 Å². The normalized spacial score (nSPS) is 12.1.